The zero-order valence-corrected chi connectivity index (χ0v) is 17.8. The van der Waals surface area contributed by atoms with Crippen molar-refractivity contribution in [3.05, 3.63) is 53.1 Å². The molecule has 3 heterocycles. The molecule has 2 aromatic heterocycles. The third-order valence-electron chi connectivity index (χ3n) is 4.78. The van der Waals surface area contributed by atoms with E-state index < -0.39 is 5.60 Å². The third kappa shape index (κ3) is 4.88. The van der Waals surface area contributed by atoms with Crippen molar-refractivity contribution >= 4 is 17.1 Å². The van der Waals surface area contributed by atoms with Crippen LogP contribution in [0.1, 0.15) is 20.8 Å². The number of ether oxygens (including phenoxy) is 3. The van der Waals surface area contributed by atoms with Crippen LogP contribution in [0.4, 0.5) is 4.79 Å². The van der Waals surface area contributed by atoms with Crippen molar-refractivity contribution in [2.24, 2.45) is 0 Å². The Morgan fingerprint density at radius 1 is 1.26 bits per heavy atom. The Hall–Kier alpha value is -3.33. The quantitative estimate of drug-likeness (QED) is 0.689. The number of hydrogen-bond acceptors (Lipinski definition) is 6. The fourth-order valence-electron chi connectivity index (χ4n) is 3.39. The smallest absolute Gasteiger partial charge is 0.410 e. The third-order valence-corrected chi connectivity index (χ3v) is 4.78. The molecule has 0 saturated carbocycles. The van der Waals surface area contributed by atoms with Gasteiger partial charge in [-0.3, -0.25) is 4.57 Å². The molecular formula is C22H26N4O5. The SMILES string of the molecule is CC(C)(C)OC(=O)N1CCO[C@@H](COc2ccc(-n3c(=O)[nH]c4ccccc43)cn2)C1. The Labute approximate surface area is 179 Å². The van der Waals surface area contributed by atoms with E-state index in [1.165, 1.54) is 0 Å². The van der Waals surface area contributed by atoms with Gasteiger partial charge >= 0.3 is 11.8 Å². The normalized spacial score (nSPS) is 17.0. The number of para-hydroxylation sites is 2. The molecule has 9 heteroatoms. The lowest BCUT2D eigenvalue weighted by Crippen LogP contribution is -2.49. The van der Waals surface area contributed by atoms with E-state index in [-0.39, 0.29) is 24.5 Å². The van der Waals surface area contributed by atoms with E-state index in [0.717, 1.165) is 11.0 Å². The first-order chi connectivity index (χ1) is 14.8. The van der Waals surface area contributed by atoms with Crippen LogP contribution in [0, 0.1) is 0 Å². The van der Waals surface area contributed by atoms with Crippen LogP contribution < -0.4 is 10.4 Å². The first-order valence-corrected chi connectivity index (χ1v) is 10.2. The molecule has 0 radical (unpaired) electrons. The zero-order chi connectivity index (χ0) is 22.0. The molecule has 1 aromatic carbocycles. The first kappa shape index (κ1) is 20.9. The van der Waals surface area contributed by atoms with E-state index in [1.807, 2.05) is 45.0 Å². The van der Waals surface area contributed by atoms with Gasteiger partial charge in [-0.1, -0.05) is 12.1 Å². The number of carbonyl (C=O) groups excluding carboxylic acids is 1. The van der Waals surface area contributed by atoms with Crippen molar-refractivity contribution in [2.75, 3.05) is 26.3 Å². The predicted octanol–water partition coefficient (Wildman–Crippen LogP) is 2.73. The second kappa shape index (κ2) is 8.43. The maximum absolute atomic E-state index is 12.3. The van der Waals surface area contributed by atoms with Crippen molar-refractivity contribution < 1.29 is 19.0 Å². The largest absolute Gasteiger partial charge is 0.475 e. The molecule has 164 valence electrons. The van der Waals surface area contributed by atoms with Gasteiger partial charge in [0.2, 0.25) is 5.88 Å². The minimum Gasteiger partial charge on any atom is -0.475 e. The number of H-pyrrole nitrogens is 1. The highest BCUT2D eigenvalue weighted by molar-refractivity contribution is 5.77. The minimum atomic E-state index is -0.542. The molecule has 1 saturated heterocycles. The number of hydrogen-bond donors (Lipinski definition) is 1. The van der Waals surface area contributed by atoms with Crippen molar-refractivity contribution in [1.82, 2.24) is 19.4 Å². The van der Waals surface area contributed by atoms with E-state index in [9.17, 15) is 9.59 Å². The van der Waals surface area contributed by atoms with Crippen molar-refractivity contribution in [3.8, 4) is 11.6 Å². The molecule has 0 spiro atoms. The number of nitrogens with zero attached hydrogens (tertiary/aromatic N) is 3. The summed E-state index contributed by atoms with van der Waals surface area (Å²) in [6.45, 7) is 7.06. The molecule has 1 aliphatic rings. The number of fused-ring (bicyclic) bond motifs is 1. The number of pyridine rings is 1. The second-order valence-electron chi connectivity index (χ2n) is 8.37. The first-order valence-electron chi connectivity index (χ1n) is 10.2. The molecule has 0 bridgehead atoms. The van der Waals surface area contributed by atoms with Gasteiger partial charge in [-0.25, -0.2) is 14.6 Å². The number of carbonyl (C=O) groups is 1. The maximum Gasteiger partial charge on any atom is 0.410 e. The Morgan fingerprint density at radius 3 is 2.81 bits per heavy atom. The number of benzene rings is 1. The van der Waals surface area contributed by atoms with Crippen molar-refractivity contribution in [1.29, 1.82) is 0 Å². The highest BCUT2D eigenvalue weighted by Gasteiger charge is 2.28. The van der Waals surface area contributed by atoms with Gasteiger partial charge in [0.25, 0.3) is 0 Å². The number of morpholine rings is 1. The van der Waals surface area contributed by atoms with Crippen LogP contribution in [0.3, 0.4) is 0 Å². The van der Waals surface area contributed by atoms with E-state index in [2.05, 4.69) is 9.97 Å². The van der Waals surface area contributed by atoms with Gasteiger partial charge in [0.05, 0.1) is 36.1 Å². The van der Waals surface area contributed by atoms with Gasteiger partial charge in [-0.05, 0) is 39.0 Å². The number of rotatable bonds is 4. The molecule has 4 rings (SSSR count). The van der Waals surface area contributed by atoms with Gasteiger partial charge in [0.15, 0.2) is 0 Å². The highest BCUT2D eigenvalue weighted by atomic mass is 16.6. The van der Waals surface area contributed by atoms with Gasteiger partial charge in [0, 0.05) is 12.6 Å². The summed E-state index contributed by atoms with van der Waals surface area (Å²) in [6.07, 6.45) is 0.956. The Bertz CT molecular complexity index is 1110. The van der Waals surface area contributed by atoms with E-state index in [1.54, 1.807) is 27.8 Å². The fourth-order valence-corrected chi connectivity index (χ4v) is 3.39. The monoisotopic (exact) mass is 426 g/mol. The number of aromatic amines is 1. The van der Waals surface area contributed by atoms with Crippen LogP contribution >= 0.6 is 0 Å². The average molecular weight is 426 g/mol. The fraction of sp³-hybridized carbons (Fsp3) is 0.409. The van der Waals surface area contributed by atoms with E-state index in [0.29, 0.717) is 31.3 Å². The topological polar surface area (TPSA) is 98.7 Å². The standard InChI is InChI=1S/C22H26N4O5/c1-22(2,3)31-21(28)25-10-11-29-16(13-25)14-30-19-9-8-15(12-23-19)26-18-7-5-4-6-17(18)24-20(26)27/h4-9,12,16H,10-11,13-14H2,1-3H3,(H,24,27)/t16-/m1/s1. The van der Waals surface area contributed by atoms with Crippen LogP contribution in [0.25, 0.3) is 16.7 Å². The van der Waals surface area contributed by atoms with E-state index in [4.69, 9.17) is 14.2 Å². The van der Waals surface area contributed by atoms with E-state index >= 15 is 0 Å². The Morgan fingerprint density at radius 2 is 2.06 bits per heavy atom. The van der Waals surface area contributed by atoms with Crippen molar-refractivity contribution in [3.63, 3.8) is 0 Å². The van der Waals surface area contributed by atoms with Crippen LogP contribution in [0.15, 0.2) is 47.4 Å². The summed E-state index contributed by atoms with van der Waals surface area (Å²) in [6, 6.07) is 10.9. The molecular weight excluding hydrogens is 400 g/mol. The molecule has 1 aliphatic heterocycles. The molecule has 1 N–H and O–H groups in total. The lowest BCUT2D eigenvalue weighted by atomic mass is 10.2. The predicted molar refractivity (Wildman–Crippen MR) is 115 cm³/mol. The molecule has 3 aromatic rings. The summed E-state index contributed by atoms with van der Waals surface area (Å²) in [4.78, 5) is 33.4. The van der Waals surface area contributed by atoms with Crippen LogP contribution in [0.5, 0.6) is 5.88 Å². The van der Waals surface area contributed by atoms with Gasteiger partial charge in [0.1, 0.15) is 18.3 Å². The molecule has 0 aliphatic carbocycles. The van der Waals surface area contributed by atoms with Crippen LogP contribution in [-0.4, -0.2) is 63.5 Å². The number of amides is 1. The molecule has 1 fully saturated rings. The molecule has 9 nitrogen and oxygen atoms in total. The maximum atomic E-state index is 12.3. The molecule has 1 atom stereocenters. The average Bonchev–Trinajstić information content (AvgIpc) is 3.07. The Balaban J connectivity index is 1.38. The second-order valence-corrected chi connectivity index (χ2v) is 8.37. The van der Waals surface area contributed by atoms with Gasteiger partial charge in [-0.2, -0.15) is 0 Å². The minimum absolute atomic E-state index is 0.227. The molecule has 31 heavy (non-hydrogen) atoms. The number of aromatic nitrogens is 3. The van der Waals surface area contributed by atoms with Crippen LogP contribution in [-0.2, 0) is 9.47 Å². The lowest BCUT2D eigenvalue weighted by Gasteiger charge is -2.34. The number of imidazole rings is 1. The van der Waals surface area contributed by atoms with Crippen molar-refractivity contribution in [2.45, 2.75) is 32.5 Å². The summed E-state index contributed by atoms with van der Waals surface area (Å²) in [5.74, 6) is 0.412. The van der Waals surface area contributed by atoms with Crippen LogP contribution in [0.2, 0.25) is 0 Å². The summed E-state index contributed by atoms with van der Waals surface area (Å²) >= 11 is 0. The Kier molecular flexibility index (Phi) is 5.69. The summed E-state index contributed by atoms with van der Waals surface area (Å²) in [5.41, 5.74) is 1.41. The molecule has 0 unspecified atom stereocenters. The lowest BCUT2D eigenvalue weighted by molar-refractivity contribution is -0.0561. The van der Waals surface area contributed by atoms with Gasteiger partial charge < -0.3 is 24.1 Å². The summed E-state index contributed by atoms with van der Waals surface area (Å²) < 4.78 is 18.4. The zero-order valence-electron chi connectivity index (χ0n) is 17.8. The number of nitrogens with one attached hydrogen (secondary N) is 1. The summed E-state index contributed by atoms with van der Waals surface area (Å²) in [7, 11) is 0. The summed E-state index contributed by atoms with van der Waals surface area (Å²) in [5, 5.41) is 0. The molecule has 1 amide bonds. The van der Waals surface area contributed by atoms with Gasteiger partial charge in [-0.15, -0.1) is 0 Å². The highest BCUT2D eigenvalue weighted by Crippen LogP contribution is 2.18.